The highest BCUT2D eigenvalue weighted by atomic mass is 32.2. The molecule has 19 heavy (non-hydrogen) atoms. The molecule has 0 spiro atoms. The van der Waals surface area contributed by atoms with Gasteiger partial charge in [-0.25, -0.2) is 17.7 Å². The Bertz CT molecular complexity index is 485. The molecule has 1 N–H and O–H groups in total. The molecule has 7 heteroatoms. The van der Waals surface area contributed by atoms with Crippen molar-refractivity contribution in [2.24, 2.45) is 0 Å². The summed E-state index contributed by atoms with van der Waals surface area (Å²) in [4.78, 5) is 4.31. The first-order valence-corrected chi connectivity index (χ1v) is 7.49. The lowest BCUT2D eigenvalue weighted by Crippen LogP contribution is -2.25. The van der Waals surface area contributed by atoms with Crippen LogP contribution in [0.3, 0.4) is 0 Å². The molecule has 0 aliphatic carbocycles. The Balaban J connectivity index is 2.82. The van der Waals surface area contributed by atoms with Crippen molar-refractivity contribution >= 4 is 15.8 Å². The van der Waals surface area contributed by atoms with Crippen molar-refractivity contribution in [1.82, 2.24) is 9.29 Å². The number of hydrogen-bond acceptors (Lipinski definition) is 5. The minimum absolute atomic E-state index is 0.161. The van der Waals surface area contributed by atoms with Crippen molar-refractivity contribution in [2.45, 2.75) is 24.3 Å². The molecule has 0 bridgehead atoms. The first-order valence-electron chi connectivity index (χ1n) is 6.05. The van der Waals surface area contributed by atoms with E-state index < -0.39 is 10.0 Å². The summed E-state index contributed by atoms with van der Waals surface area (Å²) in [5, 5.41) is 3.19. The van der Waals surface area contributed by atoms with Crippen molar-refractivity contribution in [3.8, 4) is 0 Å². The minimum Gasteiger partial charge on any atom is -0.383 e. The number of rotatable bonds is 7. The molecular weight excluding hydrogens is 266 g/mol. The van der Waals surface area contributed by atoms with Gasteiger partial charge in [0.05, 0.1) is 12.6 Å². The van der Waals surface area contributed by atoms with Crippen LogP contribution in [0.4, 0.5) is 5.82 Å². The number of anilines is 1. The lowest BCUT2D eigenvalue weighted by molar-refractivity contribution is 0.184. The largest absolute Gasteiger partial charge is 0.383 e. The van der Waals surface area contributed by atoms with Gasteiger partial charge in [0.1, 0.15) is 10.7 Å². The number of hydrogen-bond donors (Lipinski definition) is 1. The predicted molar refractivity (Wildman–Crippen MR) is 74.7 cm³/mol. The number of pyridine rings is 1. The zero-order valence-electron chi connectivity index (χ0n) is 11.8. The van der Waals surface area contributed by atoms with Gasteiger partial charge in [-0.3, -0.25) is 0 Å². The lowest BCUT2D eigenvalue weighted by Gasteiger charge is -2.17. The highest BCUT2D eigenvalue weighted by Crippen LogP contribution is 2.14. The van der Waals surface area contributed by atoms with Crippen LogP contribution in [0.25, 0.3) is 0 Å². The Kier molecular flexibility index (Phi) is 5.71. The van der Waals surface area contributed by atoms with E-state index in [9.17, 15) is 8.42 Å². The molecule has 0 radical (unpaired) electrons. The summed E-state index contributed by atoms with van der Waals surface area (Å²) < 4.78 is 30.0. The molecule has 1 aromatic heterocycles. The molecule has 1 atom stereocenters. The van der Waals surface area contributed by atoms with Gasteiger partial charge in [0, 0.05) is 27.4 Å². The second-order valence-electron chi connectivity index (χ2n) is 4.37. The number of methoxy groups -OCH3 is 1. The van der Waals surface area contributed by atoms with Gasteiger partial charge >= 0.3 is 0 Å². The summed E-state index contributed by atoms with van der Waals surface area (Å²) in [7, 11) is 1.21. The van der Waals surface area contributed by atoms with Crippen LogP contribution >= 0.6 is 0 Å². The van der Waals surface area contributed by atoms with Gasteiger partial charge in [-0.15, -0.1) is 0 Å². The molecule has 0 aliphatic heterocycles. The smallest absolute Gasteiger partial charge is 0.244 e. The fraction of sp³-hybridized carbons (Fsp3) is 0.583. The van der Waals surface area contributed by atoms with Crippen LogP contribution in [0.1, 0.15) is 13.3 Å². The van der Waals surface area contributed by atoms with Gasteiger partial charge in [0.25, 0.3) is 0 Å². The Labute approximate surface area is 114 Å². The maximum absolute atomic E-state index is 11.9. The fourth-order valence-electron chi connectivity index (χ4n) is 1.50. The van der Waals surface area contributed by atoms with Crippen LogP contribution in [0.15, 0.2) is 23.2 Å². The van der Waals surface area contributed by atoms with Crippen LogP contribution in [-0.4, -0.2) is 51.6 Å². The maximum atomic E-state index is 11.9. The van der Waals surface area contributed by atoms with Crippen molar-refractivity contribution in [3.05, 3.63) is 18.3 Å². The summed E-state index contributed by atoms with van der Waals surface area (Å²) in [5.74, 6) is 0.640. The number of nitrogens with zero attached hydrogens (tertiary/aromatic N) is 2. The minimum atomic E-state index is -3.42. The van der Waals surface area contributed by atoms with Crippen LogP contribution in [0.5, 0.6) is 0 Å². The first kappa shape index (κ1) is 15.9. The molecule has 1 unspecified atom stereocenters. The number of sulfonamides is 1. The second kappa shape index (κ2) is 6.83. The Morgan fingerprint density at radius 1 is 1.42 bits per heavy atom. The Hall–Kier alpha value is -1.18. The van der Waals surface area contributed by atoms with Gasteiger partial charge < -0.3 is 10.1 Å². The monoisotopic (exact) mass is 287 g/mol. The van der Waals surface area contributed by atoms with E-state index in [0.717, 1.165) is 10.7 Å². The third-order valence-electron chi connectivity index (χ3n) is 2.73. The van der Waals surface area contributed by atoms with E-state index >= 15 is 0 Å². The highest BCUT2D eigenvalue weighted by Gasteiger charge is 2.17. The first-order chi connectivity index (χ1) is 8.91. The summed E-state index contributed by atoms with van der Waals surface area (Å²) in [6.07, 6.45) is 2.25. The van der Waals surface area contributed by atoms with Gasteiger partial charge in [-0.2, -0.15) is 0 Å². The summed E-state index contributed by atoms with van der Waals surface area (Å²) in [6, 6.07) is 3.37. The quantitative estimate of drug-likeness (QED) is 0.815. The van der Waals surface area contributed by atoms with Gasteiger partial charge in [-0.1, -0.05) is 6.92 Å². The summed E-state index contributed by atoms with van der Waals surface area (Å²) >= 11 is 0. The maximum Gasteiger partial charge on any atom is 0.244 e. The van der Waals surface area contributed by atoms with Crippen LogP contribution in [-0.2, 0) is 14.8 Å². The molecule has 0 saturated carbocycles. The highest BCUT2D eigenvalue weighted by molar-refractivity contribution is 7.89. The van der Waals surface area contributed by atoms with E-state index in [1.165, 1.54) is 20.3 Å². The van der Waals surface area contributed by atoms with E-state index in [4.69, 9.17) is 4.74 Å². The standard InChI is InChI=1S/C12H21N3O3S/c1-5-10(9-18-4)14-12-7-6-11(8-13-12)19(16,17)15(2)3/h6-8,10H,5,9H2,1-4H3,(H,13,14). The molecule has 1 heterocycles. The van der Waals surface area contributed by atoms with Gasteiger partial charge in [-0.05, 0) is 18.6 Å². The summed E-state index contributed by atoms with van der Waals surface area (Å²) in [5.41, 5.74) is 0. The third kappa shape index (κ3) is 4.15. The normalized spacial score (nSPS) is 13.5. The van der Waals surface area contributed by atoms with Crippen LogP contribution < -0.4 is 5.32 Å². The van der Waals surface area contributed by atoms with E-state index in [1.54, 1.807) is 19.2 Å². The molecule has 0 amide bonds. The molecule has 0 aromatic carbocycles. The Morgan fingerprint density at radius 2 is 2.11 bits per heavy atom. The zero-order valence-corrected chi connectivity index (χ0v) is 12.6. The second-order valence-corrected chi connectivity index (χ2v) is 6.52. The van der Waals surface area contributed by atoms with Crippen molar-refractivity contribution in [2.75, 3.05) is 33.1 Å². The molecule has 1 aromatic rings. The zero-order chi connectivity index (χ0) is 14.5. The van der Waals surface area contributed by atoms with Crippen LogP contribution in [0.2, 0.25) is 0 Å². The molecule has 0 saturated heterocycles. The van der Waals surface area contributed by atoms with E-state index in [1.807, 2.05) is 6.92 Å². The number of ether oxygens (including phenoxy) is 1. The lowest BCUT2D eigenvalue weighted by atomic mass is 10.2. The van der Waals surface area contributed by atoms with Gasteiger partial charge in [0.2, 0.25) is 10.0 Å². The third-order valence-corrected chi connectivity index (χ3v) is 4.53. The molecule has 0 fully saturated rings. The molecule has 6 nitrogen and oxygen atoms in total. The van der Waals surface area contributed by atoms with Crippen molar-refractivity contribution < 1.29 is 13.2 Å². The van der Waals surface area contributed by atoms with Gasteiger partial charge in [0.15, 0.2) is 0 Å². The number of aromatic nitrogens is 1. The van der Waals surface area contributed by atoms with Crippen LogP contribution in [0, 0.1) is 0 Å². The van der Waals surface area contributed by atoms with E-state index in [2.05, 4.69) is 10.3 Å². The van der Waals surface area contributed by atoms with E-state index in [-0.39, 0.29) is 10.9 Å². The van der Waals surface area contributed by atoms with E-state index in [0.29, 0.717) is 12.4 Å². The molecule has 1 rings (SSSR count). The Morgan fingerprint density at radius 3 is 2.53 bits per heavy atom. The van der Waals surface area contributed by atoms with Crippen molar-refractivity contribution in [1.29, 1.82) is 0 Å². The molecular formula is C12H21N3O3S. The molecule has 108 valence electrons. The summed E-state index contributed by atoms with van der Waals surface area (Å²) in [6.45, 7) is 2.62. The average Bonchev–Trinajstić information content (AvgIpc) is 2.38. The number of nitrogens with one attached hydrogen (secondary N) is 1. The fourth-order valence-corrected chi connectivity index (χ4v) is 2.35. The topological polar surface area (TPSA) is 71.5 Å². The molecule has 0 aliphatic rings. The average molecular weight is 287 g/mol. The predicted octanol–water partition coefficient (Wildman–Crippen LogP) is 1.17. The SMILES string of the molecule is CCC(COC)Nc1ccc(S(=O)(=O)N(C)C)cn1. The van der Waals surface area contributed by atoms with Crippen molar-refractivity contribution in [3.63, 3.8) is 0 Å².